The molecule has 0 unspecified atom stereocenters. The molecule has 104 valence electrons. The molecule has 19 heavy (non-hydrogen) atoms. The highest BCUT2D eigenvalue weighted by atomic mass is 16.6. The minimum absolute atomic E-state index is 0.429. The lowest BCUT2D eigenvalue weighted by atomic mass is 10.2. The fourth-order valence-electron chi connectivity index (χ4n) is 1.45. The van der Waals surface area contributed by atoms with Gasteiger partial charge in [0.05, 0.1) is 13.2 Å². The van der Waals surface area contributed by atoms with E-state index in [0.717, 1.165) is 0 Å². The van der Waals surface area contributed by atoms with Gasteiger partial charge in [-0.15, -0.1) is 0 Å². The van der Waals surface area contributed by atoms with E-state index in [1.54, 1.807) is 18.2 Å². The van der Waals surface area contributed by atoms with Crippen molar-refractivity contribution in [1.29, 1.82) is 0 Å². The number of amides is 1. The Bertz CT molecular complexity index is 461. The maximum absolute atomic E-state index is 11.3. The monoisotopic (exact) mass is 268 g/mol. The van der Waals surface area contributed by atoms with E-state index in [-0.39, 0.29) is 0 Å². The highest BCUT2D eigenvalue weighted by Crippen LogP contribution is 2.30. The molecule has 0 aliphatic carbocycles. The molecule has 0 saturated carbocycles. The molecule has 0 radical (unpaired) electrons. The minimum atomic E-state index is -0.767. The van der Waals surface area contributed by atoms with E-state index in [2.05, 4.69) is 5.32 Å². The second-order valence-electron chi connectivity index (χ2n) is 3.57. The van der Waals surface area contributed by atoms with E-state index in [0.29, 0.717) is 30.4 Å². The zero-order valence-corrected chi connectivity index (χ0v) is 10.8. The number of nitro groups is 1. The Morgan fingerprint density at radius 1 is 1.26 bits per heavy atom. The van der Waals surface area contributed by atoms with E-state index in [9.17, 15) is 14.9 Å². The van der Waals surface area contributed by atoms with Crippen LogP contribution in [0.4, 0.5) is 5.69 Å². The molecule has 1 amide bonds. The molecular weight excluding hydrogens is 252 g/mol. The Morgan fingerprint density at radius 3 is 2.47 bits per heavy atom. The normalized spacial score (nSPS) is 9.79. The zero-order valence-electron chi connectivity index (χ0n) is 10.8. The van der Waals surface area contributed by atoms with Crippen molar-refractivity contribution in [2.75, 3.05) is 25.1 Å². The van der Waals surface area contributed by atoms with Crippen LogP contribution < -0.4 is 14.8 Å². The van der Waals surface area contributed by atoms with Gasteiger partial charge in [0.15, 0.2) is 11.5 Å². The minimum Gasteiger partial charge on any atom is -0.490 e. The van der Waals surface area contributed by atoms with Crippen molar-refractivity contribution in [1.82, 2.24) is 0 Å². The first-order valence-electron chi connectivity index (χ1n) is 5.88. The highest BCUT2D eigenvalue weighted by Gasteiger charge is 2.12. The van der Waals surface area contributed by atoms with Crippen LogP contribution in [0.1, 0.15) is 13.8 Å². The smallest absolute Gasteiger partial charge is 0.296 e. The molecular formula is C12H16N2O5. The van der Waals surface area contributed by atoms with Crippen molar-refractivity contribution in [2.45, 2.75) is 13.8 Å². The molecule has 0 bridgehead atoms. The number of anilines is 1. The highest BCUT2D eigenvalue weighted by molar-refractivity contribution is 5.91. The predicted octanol–water partition coefficient (Wildman–Crippen LogP) is 1.70. The maximum Gasteiger partial charge on any atom is 0.296 e. The number of hydrogen-bond acceptors (Lipinski definition) is 5. The second-order valence-corrected chi connectivity index (χ2v) is 3.57. The lowest BCUT2D eigenvalue weighted by molar-refractivity contribution is -0.467. The molecule has 0 atom stereocenters. The van der Waals surface area contributed by atoms with Crippen molar-refractivity contribution >= 4 is 11.6 Å². The standard InChI is InChI=1S/C12H16N2O5/c1-3-18-10-6-5-9(7-11(10)19-4-2)13-12(15)8-14(16)17/h5-7H,3-4,8H2,1-2H3,(H,13,15). The Labute approximate surface area is 110 Å². The quantitative estimate of drug-likeness (QED) is 0.600. The van der Waals surface area contributed by atoms with Gasteiger partial charge in [-0.3, -0.25) is 14.9 Å². The molecule has 1 aromatic carbocycles. The van der Waals surface area contributed by atoms with Crippen LogP contribution >= 0.6 is 0 Å². The molecule has 7 heteroatoms. The Morgan fingerprint density at radius 2 is 1.89 bits per heavy atom. The summed E-state index contributed by atoms with van der Waals surface area (Å²) in [5.74, 6) is 0.372. The van der Waals surface area contributed by atoms with Crippen LogP contribution in [0.15, 0.2) is 18.2 Å². The number of ether oxygens (including phenoxy) is 2. The number of carbonyl (C=O) groups excluding carboxylic acids is 1. The van der Waals surface area contributed by atoms with Gasteiger partial charge in [0, 0.05) is 16.7 Å². The molecule has 0 fully saturated rings. The molecule has 7 nitrogen and oxygen atoms in total. The first-order valence-corrected chi connectivity index (χ1v) is 5.88. The van der Waals surface area contributed by atoms with Gasteiger partial charge in [-0.2, -0.15) is 0 Å². The number of hydrogen-bond donors (Lipinski definition) is 1. The van der Waals surface area contributed by atoms with Gasteiger partial charge < -0.3 is 14.8 Å². The summed E-state index contributed by atoms with van der Waals surface area (Å²) >= 11 is 0. The van der Waals surface area contributed by atoms with E-state index < -0.39 is 17.4 Å². The van der Waals surface area contributed by atoms with Crippen LogP contribution in [-0.4, -0.2) is 30.6 Å². The van der Waals surface area contributed by atoms with Gasteiger partial charge in [-0.25, -0.2) is 0 Å². The van der Waals surface area contributed by atoms with Gasteiger partial charge in [0.2, 0.25) is 0 Å². The summed E-state index contributed by atoms with van der Waals surface area (Å²) < 4.78 is 10.8. The number of carbonyl (C=O) groups is 1. The van der Waals surface area contributed by atoms with Gasteiger partial charge in [0.1, 0.15) is 0 Å². The summed E-state index contributed by atoms with van der Waals surface area (Å²) in [5.41, 5.74) is 0.429. The summed E-state index contributed by atoms with van der Waals surface area (Å²) in [6, 6.07) is 4.83. The van der Waals surface area contributed by atoms with Crippen molar-refractivity contribution in [3.8, 4) is 11.5 Å². The number of rotatable bonds is 7. The Hall–Kier alpha value is -2.31. The third-order valence-electron chi connectivity index (χ3n) is 2.10. The van der Waals surface area contributed by atoms with E-state index >= 15 is 0 Å². The molecule has 1 N–H and O–H groups in total. The first kappa shape index (κ1) is 14.7. The molecule has 0 heterocycles. The Balaban J connectivity index is 2.82. The topological polar surface area (TPSA) is 90.7 Å². The lowest BCUT2D eigenvalue weighted by Crippen LogP contribution is -2.21. The fourth-order valence-corrected chi connectivity index (χ4v) is 1.45. The third kappa shape index (κ3) is 4.82. The molecule has 1 rings (SSSR count). The molecule has 0 aliphatic heterocycles. The summed E-state index contributed by atoms with van der Waals surface area (Å²) in [6.07, 6.45) is 0. The molecule has 0 spiro atoms. The fraction of sp³-hybridized carbons (Fsp3) is 0.417. The van der Waals surface area contributed by atoms with E-state index in [4.69, 9.17) is 9.47 Å². The summed E-state index contributed by atoms with van der Waals surface area (Å²) in [4.78, 5) is 20.8. The van der Waals surface area contributed by atoms with Crippen LogP contribution in [0.2, 0.25) is 0 Å². The van der Waals surface area contributed by atoms with Gasteiger partial charge in [-0.05, 0) is 26.0 Å². The largest absolute Gasteiger partial charge is 0.490 e. The molecule has 1 aromatic rings. The lowest BCUT2D eigenvalue weighted by Gasteiger charge is -2.12. The van der Waals surface area contributed by atoms with E-state index in [1.165, 1.54) is 0 Å². The molecule has 0 aromatic heterocycles. The SMILES string of the molecule is CCOc1ccc(NC(=O)C[N+](=O)[O-])cc1OCC. The Kier molecular flexibility index (Phi) is 5.59. The van der Waals surface area contributed by atoms with Crippen LogP contribution in [0.25, 0.3) is 0 Å². The van der Waals surface area contributed by atoms with Gasteiger partial charge in [0.25, 0.3) is 12.5 Å². The van der Waals surface area contributed by atoms with Crippen molar-refractivity contribution in [3.63, 3.8) is 0 Å². The summed E-state index contributed by atoms with van der Waals surface area (Å²) in [7, 11) is 0. The van der Waals surface area contributed by atoms with Crippen LogP contribution in [-0.2, 0) is 4.79 Å². The molecule has 0 saturated heterocycles. The van der Waals surface area contributed by atoms with Crippen LogP contribution in [0, 0.1) is 10.1 Å². The van der Waals surface area contributed by atoms with Gasteiger partial charge >= 0.3 is 0 Å². The number of nitrogens with one attached hydrogen (secondary N) is 1. The average molecular weight is 268 g/mol. The third-order valence-corrected chi connectivity index (χ3v) is 2.10. The zero-order chi connectivity index (χ0) is 14.3. The van der Waals surface area contributed by atoms with Crippen LogP contribution in [0.5, 0.6) is 11.5 Å². The van der Waals surface area contributed by atoms with Crippen molar-refractivity contribution in [3.05, 3.63) is 28.3 Å². The predicted molar refractivity (Wildman–Crippen MR) is 69.3 cm³/mol. The van der Waals surface area contributed by atoms with E-state index in [1.807, 2.05) is 13.8 Å². The van der Waals surface area contributed by atoms with Crippen molar-refractivity contribution < 1.29 is 19.2 Å². The van der Waals surface area contributed by atoms with Gasteiger partial charge in [-0.1, -0.05) is 0 Å². The van der Waals surface area contributed by atoms with Crippen LogP contribution in [0.3, 0.4) is 0 Å². The second kappa shape index (κ2) is 7.20. The van der Waals surface area contributed by atoms with Crippen molar-refractivity contribution in [2.24, 2.45) is 0 Å². The number of nitrogens with zero attached hydrogens (tertiary/aromatic N) is 1. The number of benzene rings is 1. The summed E-state index contributed by atoms with van der Waals surface area (Å²) in [5, 5.41) is 12.6. The summed E-state index contributed by atoms with van der Waals surface area (Å²) in [6.45, 7) is 3.85. The first-order chi connectivity index (χ1) is 9.06. The average Bonchev–Trinajstić information content (AvgIpc) is 2.32. The maximum atomic E-state index is 11.3. The molecule has 0 aliphatic rings.